The van der Waals surface area contributed by atoms with E-state index < -0.39 is 7.60 Å². The maximum Gasteiger partial charge on any atom is 0.334 e. The standard InChI is InChI=1S/C19H33O3P/c1-7-21-23(20,22-8-2)16-15-19(6)14-10-13-18(5)12-9-11-17(3)4/h10-11,13-15H,7-9,12,16H2,1-6H3. The number of rotatable bonds is 11. The average molecular weight is 340 g/mol. The normalized spacial score (nSPS) is 13.7. The molecule has 0 saturated carbocycles. The third kappa shape index (κ3) is 12.2. The zero-order valence-corrected chi connectivity index (χ0v) is 16.5. The first-order valence-corrected chi connectivity index (χ1v) is 10.1. The fourth-order valence-electron chi connectivity index (χ4n) is 1.90. The molecule has 0 N–H and O–H groups in total. The van der Waals surface area contributed by atoms with Gasteiger partial charge in [0.2, 0.25) is 0 Å². The van der Waals surface area contributed by atoms with Gasteiger partial charge in [-0.1, -0.05) is 47.1 Å². The van der Waals surface area contributed by atoms with E-state index >= 15 is 0 Å². The Labute approximate surface area is 142 Å². The van der Waals surface area contributed by atoms with Crippen LogP contribution in [0.1, 0.15) is 54.4 Å². The van der Waals surface area contributed by atoms with Crippen LogP contribution < -0.4 is 0 Å². The second-order valence-corrected chi connectivity index (χ2v) is 7.87. The lowest BCUT2D eigenvalue weighted by Gasteiger charge is -2.15. The lowest BCUT2D eigenvalue weighted by atomic mass is 10.1. The lowest BCUT2D eigenvalue weighted by Crippen LogP contribution is -1.98. The van der Waals surface area contributed by atoms with Crippen molar-refractivity contribution in [1.82, 2.24) is 0 Å². The van der Waals surface area contributed by atoms with Gasteiger partial charge in [-0.05, 0) is 54.4 Å². The minimum atomic E-state index is -2.98. The van der Waals surface area contributed by atoms with Crippen LogP contribution in [-0.2, 0) is 13.6 Å². The van der Waals surface area contributed by atoms with Gasteiger partial charge in [-0.25, -0.2) is 0 Å². The van der Waals surface area contributed by atoms with Crippen molar-refractivity contribution in [2.75, 3.05) is 19.4 Å². The van der Waals surface area contributed by atoms with Crippen LogP contribution in [0.5, 0.6) is 0 Å². The van der Waals surface area contributed by atoms with Crippen LogP contribution in [-0.4, -0.2) is 19.4 Å². The predicted molar refractivity (Wildman–Crippen MR) is 101 cm³/mol. The summed E-state index contributed by atoms with van der Waals surface area (Å²) in [5.41, 5.74) is 3.76. The second kappa shape index (κ2) is 12.5. The van der Waals surface area contributed by atoms with Crippen LogP contribution in [0.3, 0.4) is 0 Å². The summed E-state index contributed by atoms with van der Waals surface area (Å²) in [6, 6.07) is 0. The van der Waals surface area contributed by atoms with Crippen molar-refractivity contribution in [2.24, 2.45) is 0 Å². The fraction of sp³-hybridized carbons (Fsp3) is 0.579. The molecule has 0 atom stereocenters. The van der Waals surface area contributed by atoms with Gasteiger partial charge < -0.3 is 9.05 Å². The Bertz CT molecular complexity index is 485. The molecule has 0 fully saturated rings. The third-order valence-corrected chi connectivity index (χ3v) is 5.05. The Morgan fingerprint density at radius 2 is 1.61 bits per heavy atom. The van der Waals surface area contributed by atoms with Gasteiger partial charge in [0.15, 0.2) is 0 Å². The molecule has 0 aromatic carbocycles. The minimum absolute atomic E-state index is 0.314. The highest BCUT2D eigenvalue weighted by Crippen LogP contribution is 2.48. The number of hydrogen-bond donors (Lipinski definition) is 0. The molecule has 0 unspecified atom stereocenters. The summed E-state index contributed by atoms with van der Waals surface area (Å²) in [7, 11) is -2.98. The Kier molecular flexibility index (Phi) is 12.0. The molecule has 0 aromatic rings. The van der Waals surface area contributed by atoms with E-state index in [4.69, 9.17) is 9.05 Å². The summed E-state index contributed by atoms with van der Waals surface area (Å²) in [5.74, 6) is 0. The molecular weight excluding hydrogens is 307 g/mol. The van der Waals surface area contributed by atoms with E-state index in [0.29, 0.717) is 19.4 Å². The number of allylic oxidation sites excluding steroid dienone is 8. The molecule has 23 heavy (non-hydrogen) atoms. The Morgan fingerprint density at radius 3 is 2.13 bits per heavy atom. The van der Waals surface area contributed by atoms with Gasteiger partial charge in [0.1, 0.15) is 0 Å². The van der Waals surface area contributed by atoms with Crippen molar-refractivity contribution in [2.45, 2.75) is 54.4 Å². The summed E-state index contributed by atoms with van der Waals surface area (Å²) < 4.78 is 22.9. The van der Waals surface area contributed by atoms with Crippen LogP contribution in [0, 0.1) is 0 Å². The first-order valence-electron chi connectivity index (χ1n) is 8.35. The molecule has 132 valence electrons. The molecule has 3 nitrogen and oxygen atoms in total. The molecule has 0 heterocycles. The highest BCUT2D eigenvalue weighted by atomic mass is 31.2. The topological polar surface area (TPSA) is 35.5 Å². The van der Waals surface area contributed by atoms with Crippen LogP contribution in [0.2, 0.25) is 0 Å². The smallest absolute Gasteiger partial charge is 0.309 e. The van der Waals surface area contributed by atoms with Gasteiger partial charge in [-0.2, -0.15) is 0 Å². The van der Waals surface area contributed by atoms with E-state index in [1.165, 1.54) is 11.1 Å². The molecule has 0 bridgehead atoms. The van der Waals surface area contributed by atoms with Crippen molar-refractivity contribution >= 4 is 7.60 Å². The highest BCUT2D eigenvalue weighted by Gasteiger charge is 2.21. The Hall–Kier alpha value is -0.890. The van der Waals surface area contributed by atoms with E-state index in [9.17, 15) is 4.57 Å². The zero-order valence-electron chi connectivity index (χ0n) is 15.6. The maximum atomic E-state index is 12.3. The van der Waals surface area contributed by atoms with Crippen LogP contribution >= 0.6 is 7.60 Å². The third-order valence-electron chi connectivity index (χ3n) is 3.12. The predicted octanol–water partition coefficient (Wildman–Crippen LogP) is 6.45. The summed E-state index contributed by atoms with van der Waals surface area (Å²) in [5, 5.41) is 0. The monoisotopic (exact) mass is 340 g/mol. The Morgan fingerprint density at radius 1 is 1.00 bits per heavy atom. The van der Waals surface area contributed by atoms with Crippen molar-refractivity contribution < 1.29 is 13.6 Å². The van der Waals surface area contributed by atoms with E-state index in [2.05, 4.69) is 32.9 Å². The van der Waals surface area contributed by atoms with E-state index in [-0.39, 0.29) is 0 Å². The lowest BCUT2D eigenvalue weighted by molar-refractivity contribution is 0.222. The zero-order chi connectivity index (χ0) is 17.7. The molecule has 0 rings (SSSR count). The molecule has 0 aliphatic carbocycles. The molecule has 0 spiro atoms. The van der Waals surface area contributed by atoms with Gasteiger partial charge in [-0.15, -0.1) is 0 Å². The van der Waals surface area contributed by atoms with Gasteiger partial charge >= 0.3 is 7.60 Å². The molecule has 0 aliphatic rings. The SMILES string of the molecule is CCOP(=O)(CC=C(C)C=CC=C(C)CCC=C(C)C)OCC. The van der Waals surface area contributed by atoms with Crippen LogP contribution in [0.4, 0.5) is 0 Å². The molecule has 0 amide bonds. The molecule has 0 aromatic heterocycles. The summed E-state index contributed by atoms with van der Waals surface area (Å²) in [6.45, 7) is 12.8. The molecule has 4 heteroatoms. The van der Waals surface area contributed by atoms with Gasteiger partial charge in [0, 0.05) is 0 Å². The quantitative estimate of drug-likeness (QED) is 0.246. The maximum absolute atomic E-state index is 12.3. The van der Waals surface area contributed by atoms with Crippen molar-refractivity contribution in [1.29, 1.82) is 0 Å². The van der Waals surface area contributed by atoms with Gasteiger partial charge in [0.25, 0.3) is 0 Å². The summed E-state index contributed by atoms with van der Waals surface area (Å²) in [6.07, 6.45) is 12.8. The molecular formula is C19H33O3P. The first-order chi connectivity index (χ1) is 10.8. The van der Waals surface area contributed by atoms with E-state index in [1.54, 1.807) is 0 Å². The fourth-order valence-corrected chi connectivity index (χ4v) is 3.48. The van der Waals surface area contributed by atoms with Crippen molar-refractivity contribution in [3.63, 3.8) is 0 Å². The molecule has 0 aliphatic heterocycles. The largest absolute Gasteiger partial charge is 0.334 e. The van der Waals surface area contributed by atoms with Crippen LogP contribution in [0.25, 0.3) is 0 Å². The van der Waals surface area contributed by atoms with Gasteiger partial charge in [-0.3, -0.25) is 4.57 Å². The summed E-state index contributed by atoms with van der Waals surface area (Å²) >= 11 is 0. The summed E-state index contributed by atoms with van der Waals surface area (Å²) in [4.78, 5) is 0. The highest BCUT2D eigenvalue weighted by molar-refractivity contribution is 7.54. The first kappa shape index (κ1) is 22.1. The van der Waals surface area contributed by atoms with E-state index in [0.717, 1.165) is 18.4 Å². The van der Waals surface area contributed by atoms with Crippen molar-refractivity contribution in [3.05, 3.63) is 47.1 Å². The average Bonchev–Trinajstić information content (AvgIpc) is 2.45. The van der Waals surface area contributed by atoms with E-state index in [1.807, 2.05) is 39.0 Å². The Balaban J connectivity index is 4.52. The molecule has 0 radical (unpaired) electrons. The number of hydrogen-bond acceptors (Lipinski definition) is 3. The van der Waals surface area contributed by atoms with Crippen molar-refractivity contribution in [3.8, 4) is 0 Å². The van der Waals surface area contributed by atoms with Crippen LogP contribution in [0.15, 0.2) is 47.1 Å². The van der Waals surface area contributed by atoms with Gasteiger partial charge in [0.05, 0.1) is 19.4 Å². The molecule has 0 saturated heterocycles. The minimum Gasteiger partial charge on any atom is -0.309 e. The second-order valence-electron chi connectivity index (χ2n) is 5.77.